The SMILES string of the molecule is Cc1cc(N2CCC(N3CCNCC3)C2=O)n(C)n1.Cl.Cl.Cl. The fourth-order valence-corrected chi connectivity index (χ4v) is 3.07. The van der Waals surface area contributed by atoms with Gasteiger partial charge in [0.1, 0.15) is 5.82 Å². The van der Waals surface area contributed by atoms with Gasteiger partial charge in [-0.1, -0.05) is 0 Å². The van der Waals surface area contributed by atoms with Crippen LogP contribution in [-0.4, -0.2) is 59.4 Å². The zero-order valence-corrected chi connectivity index (χ0v) is 15.3. The molecule has 2 fully saturated rings. The molecule has 9 heteroatoms. The van der Waals surface area contributed by atoms with Gasteiger partial charge < -0.3 is 5.32 Å². The van der Waals surface area contributed by atoms with E-state index >= 15 is 0 Å². The van der Waals surface area contributed by atoms with Gasteiger partial charge in [-0.05, 0) is 13.3 Å². The number of nitrogens with one attached hydrogen (secondary N) is 1. The number of hydrogen-bond donors (Lipinski definition) is 1. The largest absolute Gasteiger partial charge is 0.314 e. The van der Waals surface area contributed by atoms with E-state index in [4.69, 9.17) is 0 Å². The van der Waals surface area contributed by atoms with Crippen LogP contribution >= 0.6 is 37.2 Å². The molecule has 1 aromatic rings. The van der Waals surface area contributed by atoms with Gasteiger partial charge in [0.2, 0.25) is 5.91 Å². The van der Waals surface area contributed by atoms with Crippen LogP contribution in [0.4, 0.5) is 5.82 Å². The Morgan fingerprint density at radius 2 is 1.82 bits per heavy atom. The third-order valence-electron chi connectivity index (χ3n) is 4.02. The van der Waals surface area contributed by atoms with Gasteiger partial charge in [0.15, 0.2) is 0 Å². The highest BCUT2D eigenvalue weighted by atomic mass is 35.5. The molecule has 3 heterocycles. The second kappa shape index (κ2) is 8.93. The van der Waals surface area contributed by atoms with Crippen LogP contribution in [0.5, 0.6) is 0 Å². The standard InChI is InChI=1S/C13H21N5O.3ClH/c1-10-9-12(16(2)15-10)18-6-3-11(13(18)19)17-7-4-14-5-8-17;;;/h9,11,14H,3-8H2,1-2H3;3*1H. The Labute approximate surface area is 149 Å². The summed E-state index contributed by atoms with van der Waals surface area (Å²) in [5, 5.41) is 7.65. The molecule has 2 saturated heterocycles. The minimum Gasteiger partial charge on any atom is -0.314 e. The van der Waals surface area contributed by atoms with E-state index in [1.165, 1.54) is 0 Å². The quantitative estimate of drug-likeness (QED) is 0.842. The van der Waals surface area contributed by atoms with Crippen molar-refractivity contribution in [3.8, 4) is 0 Å². The molecular weight excluding hydrogens is 349 g/mol. The lowest BCUT2D eigenvalue weighted by Gasteiger charge is -2.31. The molecule has 2 aliphatic heterocycles. The van der Waals surface area contributed by atoms with Crippen LogP contribution in [0.1, 0.15) is 12.1 Å². The minimum atomic E-state index is 0. The molecule has 0 radical (unpaired) electrons. The summed E-state index contributed by atoms with van der Waals surface area (Å²) in [6, 6.07) is 2.04. The van der Waals surface area contributed by atoms with E-state index in [1.54, 1.807) is 4.68 Å². The summed E-state index contributed by atoms with van der Waals surface area (Å²) < 4.78 is 1.80. The molecule has 6 nitrogen and oxygen atoms in total. The highest BCUT2D eigenvalue weighted by molar-refractivity contribution is 5.98. The normalized spacial score (nSPS) is 21.8. The molecule has 0 spiro atoms. The Balaban J connectivity index is 0.00000147. The topological polar surface area (TPSA) is 53.4 Å². The summed E-state index contributed by atoms with van der Waals surface area (Å²) in [5.41, 5.74) is 0.955. The molecule has 0 saturated carbocycles. The Kier molecular flexibility index (Phi) is 8.72. The molecule has 1 N–H and O–H groups in total. The van der Waals surface area contributed by atoms with Crippen molar-refractivity contribution >= 4 is 48.9 Å². The number of rotatable bonds is 2. The molecule has 3 rings (SSSR count). The predicted octanol–water partition coefficient (Wildman–Crippen LogP) is 1.00. The van der Waals surface area contributed by atoms with E-state index in [2.05, 4.69) is 15.3 Å². The lowest BCUT2D eigenvalue weighted by atomic mass is 10.2. The molecule has 0 aliphatic carbocycles. The number of carbonyl (C=O) groups excluding carboxylic acids is 1. The Hall–Kier alpha value is -0.530. The molecule has 1 amide bonds. The first-order valence-corrected chi connectivity index (χ1v) is 6.93. The van der Waals surface area contributed by atoms with Gasteiger partial charge in [0.05, 0.1) is 11.7 Å². The Morgan fingerprint density at radius 1 is 1.18 bits per heavy atom. The number of aromatic nitrogens is 2. The fraction of sp³-hybridized carbons (Fsp3) is 0.692. The smallest absolute Gasteiger partial charge is 0.245 e. The average Bonchev–Trinajstić information content (AvgIpc) is 2.93. The monoisotopic (exact) mass is 371 g/mol. The van der Waals surface area contributed by atoms with Crippen molar-refractivity contribution in [2.45, 2.75) is 19.4 Å². The number of hydrogen-bond acceptors (Lipinski definition) is 4. The molecule has 0 bridgehead atoms. The first kappa shape index (κ1) is 21.5. The van der Waals surface area contributed by atoms with E-state index in [0.29, 0.717) is 0 Å². The van der Waals surface area contributed by atoms with Crippen molar-refractivity contribution in [1.82, 2.24) is 20.0 Å². The van der Waals surface area contributed by atoms with Crippen LogP contribution in [0.3, 0.4) is 0 Å². The Morgan fingerprint density at radius 3 is 2.36 bits per heavy atom. The molecular formula is C13H24Cl3N5O. The highest BCUT2D eigenvalue weighted by Gasteiger charge is 2.37. The van der Waals surface area contributed by atoms with Crippen molar-refractivity contribution in [1.29, 1.82) is 0 Å². The highest BCUT2D eigenvalue weighted by Crippen LogP contribution is 2.24. The molecule has 1 atom stereocenters. The summed E-state index contributed by atoms with van der Waals surface area (Å²) in [4.78, 5) is 16.8. The first-order chi connectivity index (χ1) is 9.16. The maximum atomic E-state index is 12.6. The number of nitrogens with zero attached hydrogens (tertiary/aromatic N) is 4. The van der Waals surface area contributed by atoms with E-state index in [0.717, 1.165) is 50.7 Å². The van der Waals surface area contributed by atoms with Crippen molar-refractivity contribution < 1.29 is 4.79 Å². The fourth-order valence-electron chi connectivity index (χ4n) is 3.07. The predicted molar refractivity (Wildman–Crippen MR) is 94.9 cm³/mol. The Bertz CT molecular complexity index is 490. The van der Waals surface area contributed by atoms with Crippen molar-refractivity contribution in [3.63, 3.8) is 0 Å². The first-order valence-electron chi connectivity index (χ1n) is 6.93. The van der Waals surface area contributed by atoms with Crippen LogP contribution in [-0.2, 0) is 11.8 Å². The van der Waals surface area contributed by atoms with Gasteiger partial charge in [-0.25, -0.2) is 0 Å². The van der Waals surface area contributed by atoms with Crippen molar-refractivity contribution in [2.75, 3.05) is 37.6 Å². The van der Waals surface area contributed by atoms with Crippen molar-refractivity contribution in [2.24, 2.45) is 7.05 Å². The van der Waals surface area contributed by atoms with E-state index in [-0.39, 0.29) is 49.2 Å². The zero-order valence-electron chi connectivity index (χ0n) is 12.8. The third kappa shape index (κ3) is 4.06. The summed E-state index contributed by atoms with van der Waals surface area (Å²) in [6.45, 7) is 6.65. The number of halogens is 3. The second-order valence-electron chi connectivity index (χ2n) is 5.35. The second-order valence-corrected chi connectivity index (χ2v) is 5.35. The molecule has 1 unspecified atom stereocenters. The molecule has 128 valence electrons. The average molecular weight is 373 g/mol. The van der Waals surface area contributed by atoms with Gasteiger partial charge in [-0.2, -0.15) is 5.10 Å². The number of piperazine rings is 1. The van der Waals surface area contributed by atoms with Gasteiger partial charge >= 0.3 is 0 Å². The lowest BCUT2D eigenvalue weighted by Crippen LogP contribution is -2.51. The molecule has 22 heavy (non-hydrogen) atoms. The molecule has 0 aromatic carbocycles. The van der Waals surface area contributed by atoms with Crippen LogP contribution in [0, 0.1) is 6.92 Å². The summed E-state index contributed by atoms with van der Waals surface area (Å²) >= 11 is 0. The van der Waals surface area contributed by atoms with E-state index < -0.39 is 0 Å². The van der Waals surface area contributed by atoms with Gasteiger partial charge in [0, 0.05) is 45.8 Å². The summed E-state index contributed by atoms with van der Waals surface area (Å²) in [6.07, 6.45) is 0.920. The summed E-state index contributed by atoms with van der Waals surface area (Å²) in [7, 11) is 1.90. The number of anilines is 1. The third-order valence-corrected chi connectivity index (χ3v) is 4.02. The van der Waals surface area contributed by atoms with E-state index in [1.807, 2.05) is 24.9 Å². The molecule has 2 aliphatic rings. The number of aryl methyl sites for hydroxylation is 2. The van der Waals surface area contributed by atoms with Crippen LogP contribution in [0.15, 0.2) is 6.07 Å². The van der Waals surface area contributed by atoms with Crippen molar-refractivity contribution in [3.05, 3.63) is 11.8 Å². The van der Waals surface area contributed by atoms with Gasteiger partial charge in [-0.15, -0.1) is 37.2 Å². The van der Waals surface area contributed by atoms with E-state index in [9.17, 15) is 4.79 Å². The molecule has 1 aromatic heterocycles. The van der Waals surface area contributed by atoms with Gasteiger partial charge in [0.25, 0.3) is 0 Å². The number of carbonyl (C=O) groups is 1. The van der Waals surface area contributed by atoms with Crippen LogP contribution < -0.4 is 10.2 Å². The summed E-state index contributed by atoms with van der Waals surface area (Å²) in [5.74, 6) is 1.14. The van der Waals surface area contributed by atoms with Crippen LogP contribution in [0.25, 0.3) is 0 Å². The van der Waals surface area contributed by atoms with Gasteiger partial charge in [-0.3, -0.25) is 19.3 Å². The maximum Gasteiger partial charge on any atom is 0.245 e. The lowest BCUT2D eigenvalue weighted by molar-refractivity contribution is -0.121. The number of amides is 1. The van der Waals surface area contributed by atoms with Crippen LogP contribution in [0.2, 0.25) is 0 Å². The zero-order chi connectivity index (χ0) is 13.4. The minimum absolute atomic E-state index is 0. The maximum absolute atomic E-state index is 12.6.